The Bertz CT molecular complexity index is 286. The Morgan fingerprint density at radius 2 is 2.42 bits per heavy atom. The van der Waals surface area contributed by atoms with Gasteiger partial charge in [-0.15, -0.1) is 0 Å². The number of rotatable bonds is 2. The normalized spacial score (nSPS) is 13.8. The van der Waals surface area contributed by atoms with Crippen LogP contribution in [0.25, 0.3) is 0 Å². The molecular formula is C9H12N2S. The molecule has 0 fully saturated rings. The Balaban J connectivity index is 2.26. The van der Waals surface area contributed by atoms with E-state index in [1.807, 2.05) is 6.26 Å². The second kappa shape index (κ2) is 3.27. The molecule has 12 heavy (non-hydrogen) atoms. The molecule has 0 aromatic heterocycles. The summed E-state index contributed by atoms with van der Waals surface area (Å²) in [6, 6.07) is 6.48. The third kappa shape index (κ3) is 1.37. The number of anilines is 2. The molecule has 0 unspecified atom stereocenters. The largest absolute Gasteiger partial charge is 0.384 e. The van der Waals surface area contributed by atoms with Crippen molar-refractivity contribution in [1.29, 1.82) is 0 Å². The van der Waals surface area contributed by atoms with Crippen molar-refractivity contribution in [2.24, 2.45) is 0 Å². The van der Waals surface area contributed by atoms with E-state index in [9.17, 15) is 0 Å². The fraction of sp³-hybridized carbons (Fsp3) is 0.333. The third-order valence-electron chi connectivity index (χ3n) is 2.04. The molecule has 0 atom stereocenters. The molecule has 3 heteroatoms. The van der Waals surface area contributed by atoms with Gasteiger partial charge in [0.05, 0.1) is 0 Å². The lowest BCUT2D eigenvalue weighted by Crippen LogP contribution is -1.91. The molecule has 0 saturated heterocycles. The van der Waals surface area contributed by atoms with E-state index in [2.05, 4.69) is 28.2 Å². The van der Waals surface area contributed by atoms with Gasteiger partial charge in [0.25, 0.3) is 0 Å². The summed E-state index contributed by atoms with van der Waals surface area (Å²) in [6.07, 6.45) is 3.19. The predicted molar refractivity (Wildman–Crippen MR) is 55.8 cm³/mol. The minimum Gasteiger partial charge on any atom is -0.384 e. The molecule has 2 N–H and O–H groups in total. The molecule has 64 valence electrons. The minimum absolute atomic E-state index is 1.08. The maximum atomic E-state index is 3.35. The smallest absolute Gasteiger partial charge is 0.0460 e. The summed E-state index contributed by atoms with van der Waals surface area (Å²) in [6.45, 7) is 1.08. The monoisotopic (exact) mass is 180 g/mol. The lowest BCUT2D eigenvalue weighted by atomic mass is 10.1. The SMILES string of the molecule is CSNc1ccc2c(c1)NCC2. The zero-order valence-electron chi connectivity index (χ0n) is 7.05. The molecule has 1 aromatic carbocycles. The van der Waals surface area contributed by atoms with Crippen molar-refractivity contribution in [2.75, 3.05) is 22.8 Å². The first kappa shape index (κ1) is 7.80. The van der Waals surface area contributed by atoms with E-state index in [-0.39, 0.29) is 0 Å². The number of fused-ring (bicyclic) bond motifs is 1. The molecule has 0 aliphatic carbocycles. The van der Waals surface area contributed by atoms with Gasteiger partial charge in [-0.05, 0) is 24.1 Å². The lowest BCUT2D eigenvalue weighted by Gasteiger charge is -2.04. The van der Waals surface area contributed by atoms with Gasteiger partial charge in [-0.3, -0.25) is 0 Å². The molecule has 0 amide bonds. The van der Waals surface area contributed by atoms with Gasteiger partial charge in [-0.1, -0.05) is 18.0 Å². The fourth-order valence-corrected chi connectivity index (χ4v) is 1.83. The summed E-state index contributed by atoms with van der Waals surface area (Å²) in [4.78, 5) is 0. The van der Waals surface area contributed by atoms with Gasteiger partial charge < -0.3 is 10.0 Å². The summed E-state index contributed by atoms with van der Waals surface area (Å²) in [5.41, 5.74) is 3.89. The number of hydrogen-bond acceptors (Lipinski definition) is 3. The van der Waals surface area contributed by atoms with Crippen molar-refractivity contribution in [3.8, 4) is 0 Å². The van der Waals surface area contributed by atoms with Crippen LogP contribution in [0.3, 0.4) is 0 Å². The zero-order valence-corrected chi connectivity index (χ0v) is 7.87. The molecule has 1 aliphatic rings. The van der Waals surface area contributed by atoms with Crippen LogP contribution in [0.1, 0.15) is 5.56 Å². The maximum absolute atomic E-state index is 3.35. The van der Waals surface area contributed by atoms with E-state index < -0.39 is 0 Å². The van der Waals surface area contributed by atoms with Crippen molar-refractivity contribution in [3.05, 3.63) is 23.8 Å². The fourth-order valence-electron chi connectivity index (χ4n) is 1.47. The Kier molecular flexibility index (Phi) is 2.13. The number of nitrogens with one attached hydrogen (secondary N) is 2. The molecule has 1 heterocycles. The topological polar surface area (TPSA) is 24.1 Å². The Hall–Kier alpha value is -0.830. The second-order valence-corrected chi connectivity index (χ2v) is 3.47. The first-order valence-electron chi connectivity index (χ1n) is 4.06. The van der Waals surface area contributed by atoms with Crippen LogP contribution < -0.4 is 10.0 Å². The summed E-state index contributed by atoms with van der Waals surface area (Å²) in [7, 11) is 0. The van der Waals surface area contributed by atoms with Crippen molar-refractivity contribution in [1.82, 2.24) is 0 Å². The summed E-state index contributed by atoms with van der Waals surface area (Å²) >= 11 is 1.62. The standard InChI is InChI=1S/C9H12N2S/c1-12-11-8-3-2-7-4-5-10-9(7)6-8/h2-3,6,10-11H,4-5H2,1H3. The maximum Gasteiger partial charge on any atom is 0.0460 e. The van der Waals surface area contributed by atoms with Gasteiger partial charge in [0.2, 0.25) is 0 Å². The highest BCUT2D eigenvalue weighted by Crippen LogP contribution is 2.26. The first-order valence-corrected chi connectivity index (χ1v) is 5.28. The van der Waals surface area contributed by atoms with E-state index in [0.717, 1.165) is 13.0 Å². The van der Waals surface area contributed by atoms with Gasteiger partial charge in [-0.25, -0.2) is 0 Å². The van der Waals surface area contributed by atoms with Crippen molar-refractivity contribution in [3.63, 3.8) is 0 Å². The van der Waals surface area contributed by atoms with Gasteiger partial charge in [0.1, 0.15) is 0 Å². The van der Waals surface area contributed by atoms with E-state index in [4.69, 9.17) is 0 Å². The van der Waals surface area contributed by atoms with Crippen molar-refractivity contribution < 1.29 is 0 Å². The van der Waals surface area contributed by atoms with Crippen LogP contribution in [0, 0.1) is 0 Å². The van der Waals surface area contributed by atoms with Gasteiger partial charge in [0, 0.05) is 24.2 Å². The highest BCUT2D eigenvalue weighted by atomic mass is 32.2. The van der Waals surface area contributed by atoms with Crippen molar-refractivity contribution >= 4 is 23.3 Å². The van der Waals surface area contributed by atoms with Crippen LogP contribution in [0.15, 0.2) is 18.2 Å². The first-order chi connectivity index (χ1) is 5.90. The molecule has 2 nitrogen and oxygen atoms in total. The highest BCUT2D eigenvalue weighted by Gasteiger charge is 2.08. The molecule has 0 spiro atoms. The van der Waals surface area contributed by atoms with Crippen LogP contribution in [0.5, 0.6) is 0 Å². The number of hydrogen-bond donors (Lipinski definition) is 2. The van der Waals surface area contributed by atoms with E-state index >= 15 is 0 Å². The van der Waals surface area contributed by atoms with Gasteiger partial charge >= 0.3 is 0 Å². The Labute approximate surface area is 76.9 Å². The zero-order chi connectivity index (χ0) is 8.39. The summed E-state index contributed by atoms with van der Waals surface area (Å²) < 4.78 is 3.21. The molecule has 0 radical (unpaired) electrons. The van der Waals surface area contributed by atoms with Crippen LogP contribution in [0.4, 0.5) is 11.4 Å². The van der Waals surface area contributed by atoms with Gasteiger partial charge in [0.15, 0.2) is 0 Å². The predicted octanol–water partition coefficient (Wildman–Crippen LogP) is 2.34. The van der Waals surface area contributed by atoms with E-state index in [1.165, 1.54) is 16.9 Å². The molecule has 2 rings (SSSR count). The molecule has 1 aromatic rings. The summed E-state index contributed by atoms with van der Waals surface area (Å²) in [5.74, 6) is 0. The molecule has 0 saturated carbocycles. The average molecular weight is 180 g/mol. The highest BCUT2D eigenvalue weighted by molar-refractivity contribution is 7.99. The molecule has 0 bridgehead atoms. The lowest BCUT2D eigenvalue weighted by molar-refractivity contribution is 1.11. The summed E-state index contributed by atoms with van der Waals surface area (Å²) in [5, 5.41) is 3.35. The van der Waals surface area contributed by atoms with Crippen LogP contribution in [0.2, 0.25) is 0 Å². The average Bonchev–Trinajstić information content (AvgIpc) is 2.51. The van der Waals surface area contributed by atoms with Crippen LogP contribution in [-0.4, -0.2) is 12.8 Å². The Morgan fingerprint density at radius 1 is 1.50 bits per heavy atom. The molecular weight excluding hydrogens is 168 g/mol. The van der Waals surface area contributed by atoms with Crippen molar-refractivity contribution in [2.45, 2.75) is 6.42 Å². The molecule has 1 aliphatic heterocycles. The Morgan fingerprint density at radius 3 is 3.25 bits per heavy atom. The number of benzene rings is 1. The van der Waals surface area contributed by atoms with E-state index in [0.29, 0.717) is 0 Å². The minimum atomic E-state index is 1.08. The van der Waals surface area contributed by atoms with Crippen LogP contribution in [-0.2, 0) is 6.42 Å². The van der Waals surface area contributed by atoms with E-state index in [1.54, 1.807) is 11.9 Å². The second-order valence-electron chi connectivity index (χ2n) is 2.85. The third-order valence-corrected chi connectivity index (χ3v) is 2.48. The quantitative estimate of drug-likeness (QED) is 0.683. The van der Waals surface area contributed by atoms with Crippen LogP contribution >= 0.6 is 11.9 Å². The van der Waals surface area contributed by atoms with Gasteiger partial charge in [-0.2, -0.15) is 0 Å².